The molecular weight excluding hydrogens is 402 g/mol. The Kier molecular flexibility index (Phi) is 4.36. The fourth-order valence-corrected chi connectivity index (χ4v) is 3.98. The number of hydrogen-bond acceptors (Lipinski definition) is 4. The van der Waals surface area contributed by atoms with Crippen LogP contribution in [0.1, 0.15) is 24.0 Å². The maximum absolute atomic E-state index is 14.6. The number of carbonyl (C=O) groups is 1. The second-order valence-corrected chi connectivity index (χ2v) is 7.96. The first-order chi connectivity index (χ1) is 14.9. The summed E-state index contributed by atoms with van der Waals surface area (Å²) in [7, 11) is 0. The van der Waals surface area contributed by atoms with E-state index in [1.165, 1.54) is 6.07 Å². The smallest absolute Gasteiger partial charge is 0.235 e. The van der Waals surface area contributed by atoms with E-state index in [9.17, 15) is 13.6 Å². The van der Waals surface area contributed by atoms with E-state index in [0.717, 1.165) is 30.0 Å². The Hall–Kier alpha value is -3.61. The van der Waals surface area contributed by atoms with E-state index >= 15 is 0 Å². The van der Waals surface area contributed by atoms with Crippen LogP contribution in [0.3, 0.4) is 0 Å². The van der Waals surface area contributed by atoms with E-state index in [0.29, 0.717) is 22.7 Å². The van der Waals surface area contributed by atoms with E-state index in [2.05, 4.69) is 5.32 Å². The van der Waals surface area contributed by atoms with Crippen LogP contribution >= 0.6 is 0 Å². The lowest BCUT2D eigenvalue weighted by molar-refractivity contribution is -0.118. The third-order valence-electron chi connectivity index (χ3n) is 6.02. The highest BCUT2D eigenvalue weighted by Gasteiger charge is 2.51. The Morgan fingerprint density at radius 3 is 2.55 bits per heavy atom. The van der Waals surface area contributed by atoms with Crippen LogP contribution in [0.2, 0.25) is 0 Å². The average Bonchev–Trinajstić information content (AvgIpc) is 3.45. The van der Waals surface area contributed by atoms with Crippen molar-refractivity contribution in [1.82, 2.24) is 0 Å². The summed E-state index contributed by atoms with van der Waals surface area (Å²) >= 11 is 0. The lowest BCUT2D eigenvalue weighted by atomic mass is 9.94. The second kappa shape index (κ2) is 6.97. The van der Waals surface area contributed by atoms with Crippen LogP contribution < -0.4 is 20.5 Å². The number of halogens is 2. The van der Waals surface area contributed by atoms with Gasteiger partial charge in [-0.1, -0.05) is 12.1 Å². The molecule has 0 saturated heterocycles. The van der Waals surface area contributed by atoms with Crippen molar-refractivity contribution in [3.8, 4) is 22.6 Å². The molecule has 7 heteroatoms. The van der Waals surface area contributed by atoms with Gasteiger partial charge in [0, 0.05) is 11.3 Å². The topological polar surface area (TPSA) is 73.6 Å². The van der Waals surface area contributed by atoms with E-state index in [4.69, 9.17) is 15.2 Å². The van der Waals surface area contributed by atoms with Gasteiger partial charge in [-0.2, -0.15) is 0 Å². The summed E-state index contributed by atoms with van der Waals surface area (Å²) in [6.45, 7) is 1.99. The Morgan fingerprint density at radius 1 is 1.00 bits per heavy atom. The highest BCUT2D eigenvalue weighted by atomic mass is 19.1. The molecule has 1 heterocycles. The van der Waals surface area contributed by atoms with Gasteiger partial charge in [0.05, 0.1) is 5.41 Å². The molecule has 1 saturated carbocycles. The molecule has 1 aliphatic heterocycles. The molecule has 2 aliphatic rings. The monoisotopic (exact) mass is 422 g/mol. The van der Waals surface area contributed by atoms with Crippen molar-refractivity contribution in [2.75, 3.05) is 17.8 Å². The summed E-state index contributed by atoms with van der Waals surface area (Å²) in [5.74, 6) is -0.448. The van der Waals surface area contributed by atoms with E-state index < -0.39 is 22.7 Å². The van der Waals surface area contributed by atoms with Crippen LogP contribution in [0.15, 0.2) is 48.5 Å². The minimum atomic E-state index is -0.814. The summed E-state index contributed by atoms with van der Waals surface area (Å²) in [5.41, 5.74) is 7.27. The third kappa shape index (κ3) is 3.17. The number of anilines is 2. The number of ether oxygens (including phenoxy) is 2. The lowest BCUT2D eigenvalue weighted by Gasteiger charge is -2.17. The zero-order valence-electron chi connectivity index (χ0n) is 16.8. The highest BCUT2D eigenvalue weighted by molar-refractivity contribution is 6.02. The lowest BCUT2D eigenvalue weighted by Crippen LogP contribution is -2.27. The molecule has 0 spiro atoms. The molecule has 5 nitrogen and oxygen atoms in total. The normalized spacial score (nSPS) is 15.6. The molecule has 0 unspecified atom stereocenters. The van der Waals surface area contributed by atoms with Crippen molar-refractivity contribution in [1.29, 1.82) is 0 Å². The van der Waals surface area contributed by atoms with Gasteiger partial charge < -0.3 is 20.5 Å². The van der Waals surface area contributed by atoms with Gasteiger partial charge in [0.25, 0.3) is 0 Å². The SMILES string of the molecule is Cc1ccc(NC(=O)C2(c3ccc4c(c3)OCO4)CC2)cc1-c1ccc(F)c(N)c1F. The summed E-state index contributed by atoms with van der Waals surface area (Å²) in [4.78, 5) is 13.2. The molecule has 1 amide bonds. The number of rotatable bonds is 4. The first kappa shape index (κ1) is 19.4. The molecule has 0 atom stereocenters. The molecule has 1 aliphatic carbocycles. The number of aryl methyl sites for hydroxylation is 1. The maximum Gasteiger partial charge on any atom is 0.235 e. The van der Waals surface area contributed by atoms with Gasteiger partial charge in [0.2, 0.25) is 12.7 Å². The molecule has 0 bridgehead atoms. The van der Waals surface area contributed by atoms with Gasteiger partial charge in [-0.05, 0) is 72.9 Å². The highest BCUT2D eigenvalue weighted by Crippen LogP contribution is 2.51. The minimum Gasteiger partial charge on any atom is -0.454 e. The van der Waals surface area contributed by atoms with Crippen molar-refractivity contribution in [3.63, 3.8) is 0 Å². The Balaban J connectivity index is 1.44. The summed E-state index contributed by atoms with van der Waals surface area (Å²) < 4.78 is 38.9. The van der Waals surface area contributed by atoms with Crippen LogP contribution in [-0.2, 0) is 10.2 Å². The predicted molar refractivity (Wildman–Crippen MR) is 113 cm³/mol. The molecule has 5 rings (SSSR count). The Morgan fingerprint density at radius 2 is 1.77 bits per heavy atom. The summed E-state index contributed by atoms with van der Waals surface area (Å²) in [6, 6.07) is 13.3. The minimum absolute atomic E-state index is 0.139. The fraction of sp³-hybridized carbons (Fsp3) is 0.208. The summed E-state index contributed by atoms with van der Waals surface area (Å²) in [5, 5.41) is 2.95. The second-order valence-electron chi connectivity index (χ2n) is 7.96. The van der Waals surface area contributed by atoms with Crippen LogP contribution in [0.4, 0.5) is 20.2 Å². The average molecular weight is 422 g/mol. The maximum atomic E-state index is 14.6. The number of hydrogen-bond donors (Lipinski definition) is 2. The van der Waals surface area contributed by atoms with Gasteiger partial charge in [-0.25, -0.2) is 8.78 Å². The van der Waals surface area contributed by atoms with E-state index in [-0.39, 0.29) is 18.3 Å². The third-order valence-corrected chi connectivity index (χ3v) is 6.02. The molecule has 0 aromatic heterocycles. The summed E-state index contributed by atoms with van der Waals surface area (Å²) in [6.07, 6.45) is 1.45. The first-order valence-corrected chi connectivity index (χ1v) is 9.95. The quantitative estimate of drug-likeness (QED) is 0.586. The zero-order chi connectivity index (χ0) is 21.8. The molecule has 3 aromatic carbocycles. The van der Waals surface area contributed by atoms with Crippen molar-refractivity contribution >= 4 is 17.3 Å². The number of benzene rings is 3. The number of fused-ring (bicyclic) bond motifs is 1. The predicted octanol–water partition coefficient (Wildman–Crippen LogP) is 4.92. The van der Waals surface area contributed by atoms with Crippen molar-refractivity contribution in [3.05, 3.63) is 71.3 Å². The van der Waals surface area contributed by atoms with Crippen LogP contribution in [-0.4, -0.2) is 12.7 Å². The molecule has 31 heavy (non-hydrogen) atoms. The molecule has 3 aromatic rings. The van der Waals surface area contributed by atoms with Gasteiger partial charge in [-0.15, -0.1) is 0 Å². The molecular formula is C24H20F2N2O3. The van der Waals surface area contributed by atoms with Gasteiger partial charge in [-0.3, -0.25) is 4.79 Å². The van der Waals surface area contributed by atoms with Gasteiger partial charge in [0.15, 0.2) is 17.3 Å². The van der Waals surface area contributed by atoms with E-state index in [1.807, 2.05) is 25.1 Å². The zero-order valence-corrected chi connectivity index (χ0v) is 16.8. The van der Waals surface area contributed by atoms with E-state index in [1.54, 1.807) is 18.2 Å². The number of carbonyl (C=O) groups excluding carboxylic acids is 1. The number of nitrogens with two attached hydrogens (primary N) is 1. The Labute approximate surface area is 177 Å². The Bertz CT molecular complexity index is 1220. The first-order valence-electron chi connectivity index (χ1n) is 9.95. The van der Waals surface area contributed by atoms with Crippen LogP contribution in [0, 0.1) is 18.6 Å². The van der Waals surface area contributed by atoms with Crippen molar-refractivity contribution in [2.45, 2.75) is 25.2 Å². The van der Waals surface area contributed by atoms with Gasteiger partial charge in [0.1, 0.15) is 11.5 Å². The van der Waals surface area contributed by atoms with Crippen LogP contribution in [0.5, 0.6) is 11.5 Å². The van der Waals surface area contributed by atoms with Crippen LogP contribution in [0.25, 0.3) is 11.1 Å². The number of nitrogen functional groups attached to an aromatic ring is 1. The van der Waals surface area contributed by atoms with Crippen molar-refractivity contribution < 1.29 is 23.0 Å². The largest absolute Gasteiger partial charge is 0.454 e. The molecule has 1 fully saturated rings. The molecule has 3 N–H and O–H groups in total. The standard InChI is InChI=1S/C24H20F2N2O3/c1-13-2-4-15(11-17(13)16-5-6-18(25)22(27)21(16)26)28-23(29)24(8-9-24)14-3-7-19-20(10-14)31-12-30-19/h2-7,10-11H,8-9,12,27H2,1H3,(H,28,29). The van der Waals surface area contributed by atoms with Crippen molar-refractivity contribution in [2.24, 2.45) is 0 Å². The molecule has 158 valence electrons. The number of nitrogens with one attached hydrogen (secondary N) is 1. The number of amides is 1. The molecule has 0 radical (unpaired) electrons. The fourth-order valence-electron chi connectivity index (χ4n) is 3.98. The van der Waals surface area contributed by atoms with Gasteiger partial charge >= 0.3 is 0 Å².